The first-order valence-electron chi connectivity index (χ1n) is 8.38. The van der Waals surface area contributed by atoms with Crippen molar-refractivity contribution in [2.75, 3.05) is 0 Å². The van der Waals surface area contributed by atoms with Gasteiger partial charge in [0.15, 0.2) is 0 Å². The van der Waals surface area contributed by atoms with E-state index >= 15 is 0 Å². The van der Waals surface area contributed by atoms with Crippen molar-refractivity contribution >= 4 is 11.6 Å². The smallest absolute Gasteiger partial charge is 0.417 e. The second-order valence-corrected chi connectivity index (χ2v) is 5.91. The van der Waals surface area contributed by atoms with E-state index in [1.54, 1.807) is 30.3 Å². The molecule has 0 aliphatic carbocycles. The number of nitrogens with zero attached hydrogens (tertiary/aromatic N) is 2. The molecule has 0 saturated carbocycles. The van der Waals surface area contributed by atoms with Gasteiger partial charge < -0.3 is 4.74 Å². The fraction of sp³-hybridized carbons (Fsp3) is 0.0909. The highest BCUT2D eigenvalue weighted by Gasteiger charge is 2.30. The first-order valence-corrected chi connectivity index (χ1v) is 8.38. The van der Waals surface area contributed by atoms with Gasteiger partial charge in [0.25, 0.3) is 0 Å². The van der Waals surface area contributed by atoms with E-state index in [0.717, 1.165) is 17.8 Å². The van der Waals surface area contributed by atoms with Crippen molar-refractivity contribution in [3.05, 3.63) is 95.3 Å². The van der Waals surface area contributed by atoms with Gasteiger partial charge in [-0.25, -0.2) is 0 Å². The molecule has 1 heterocycles. The Hall–Kier alpha value is -3.59. The van der Waals surface area contributed by atoms with E-state index in [1.807, 2.05) is 36.4 Å². The van der Waals surface area contributed by atoms with Crippen LogP contribution in [-0.2, 0) is 12.8 Å². The molecule has 0 radical (unpaired) electrons. The van der Waals surface area contributed by atoms with E-state index in [0.29, 0.717) is 17.9 Å². The van der Waals surface area contributed by atoms with Gasteiger partial charge in [-0.2, -0.15) is 18.4 Å². The maximum absolute atomic E-state index is 12.7. The van der Waals surface area contributed by atoms with Crippen LogP contribution in [0.2, 0.25) is 0 Å². The lowest BCUT2D eigenvalue weighted by Crippen LogP contribution is -2.05. The summed E-state index contributed by atoms with van der Waals surface area (Å²) in [6.45, 7) is 0.353. The fourth-order valence-electron chi connectivity index (χ4n) is 2.51. The summed E-state index contributed by atoms with van der Waals surface area (Å²) in [5.74, 6) is 0.561. The Morgan fingerprint density at radius 1 is 1.00 bits per heavy atom. The monoisotopic (exact) mass is 380 g/mol. The average Bonchev–Trinajstić information content (AvgIpc) is 2.71. The van der Waals surface area contributed by atoms with Crippen LogP contribution in [0.15, 0.2) is 72.9 Å². The number of ether oxygens (including phenoxy) is 1. The molecule has 0 bridgehead atoms. The molecule has 1 aromatic heterocycles. The van der Waals surface area contributed by atoms with Crippen LogP contribution in [0.3, 0.4) is 0 Å². The molecule has 6 heteroatoms. The minimum absolute atomic E-state index is 0.143. The van der Waals surface area contributed by atoms with Crippen molar-refractivity contribution in [1.29, 1.82) is 5.26 Å². The number of rotatable bonds is 5. The number of nitriles is 1. The third-order valence-electron chi connectivity index (χ3n) is 3.94. The standard InChI is InChI=1S/C22H15F3N2O/c23-22(24,25)19-10-11-20(27-14-19)18(13-26)12-17-8-4-5-9-21(17)28-15-16-6-2-1-3-7-16/h1-12,14H,15H2/b18-12+. The van der Waals surface area contributed by atoms with E-state index in [4.69, 9.17) is 4.74 Å². The Balaban J connectivity index is 1.86. The van der Waals surface area contributed by atoms with Gasteiger partial charge in [-0.05, 0) is 29.8 Å². The summed E-state index contributed by atoms with van der Waals surface area (Å²) in [6, 6.07) is 20.8. The molecule has 0 spiro atoms. The van der Waals surface area contributed by atoms with E-state index < -0.39 is 11.7 Å². The van der Waals surface area contributed by atoms with Crippen LogP contribution in [0.4, 0.5) is 13.2 Å². The molecular weight excluding hydrogens is 365 g/mol. The Bertz CT molecular complexity index is 1000. The molecule has 0 unspecified atom stereocenters. The van der Waals surface area contributed by atoms with E-state index in [1.165, 1.54) is 6.07 Å². The van der Waals surface area contributed by atoms with Crippen molar-refractivity contribution in [1.82, 2.24) is 4.98 Å². The van der Waals surface area contributed by atoms with Crippen LogP contribution < -0.4 is 4.74 Å². The van der Waals surface area contributed by atoms with Crippen LogP contribution >= 0.6 is 0 Å². The van der Waals surface area contributed by atoms with E-state index in [9.17, 15) is 18.4 Å². The zero-order valence-corrected chi connectivity index (χ0v) is 14.6. The molecule has 0 aliphatic heterocycles. The van der Waals surface area contributed by atoms with Gasteiger partial charge in [0, 0.05) is 11.8 Å². The maximum atomic E-state index is 12.7. The highest BCUT2D eigenvalue weighted by atomic mass is 19.4. The molecule has 0 N–H and O–H groups in total. The topological polar surface area (TPSA) is 45.9 Å². The van der Waals surface area contributed by atoms with Crippen LogP contribution in [0.25, 0.3) is 11.6 Å². The second kappa shape index (κ2) is 8.40. The summed E-state index contributed by atoms with van der Waals surface area (Å²) in [7, 11) is 0. The van der Waals surface area contributed by atoms with E-state index in [2.05, 4.69) is 4.98 Å². The molecule has 0 aliphatic rings. The third-order valence-corrected chi connectivity index (χ3v) is 3.94. The van der Waals surface area contributed by atoms with Gasteiger partial charge in [0.05, 0.1) is 16.8 Å². The minimum Gasteiger partial charge on any atom is -0.488 e. The number of benzene rings is 2. The van der Waals surface area contributed by atoms with Gasteiger partial charge in [-0.15, -0.1) is 0 Å². The summed E-state index contributed by atoms with van der Waals surface area (Å²) < 4.78 is 43.9. The molecule has 0 amide bonds. The van der Waals surface area contributed by atoms with Crippen LogP contribution in [-0.4, -0.2) is 4.98 Å². The highest BCUT2D eigenvalue weighted by molar-refractivity contribution is 5.89. The van der Waals surface area contributed by atoms with Gasteiger partial charge >= 0.3 is 6.18 Å². The molecule has 0 fully saturated rings. The largest absolute Gasteiger partial charge is 0.488 e. The molecule has 28 heavy (non-hydrogen) atoms. The first-order chi connectivity index (χ1) is 13.5. The summed E-state index contributed by atoms with van der Waals surface area (Å²) >= 11 is 0. The lowest BCUT2D eigenvalue weighted by atomic mass is 10.1. The van der Waals surface area contributed by atoms with Gasteiger partial charge in [-0.3, -0.25) is 4.98 Å². The number of hydrogen-bond donors (Lipinski definition) is 0. The Morgan fingerprint density at radius 3 is 2.36 bits per heavy atom. The Kier molecular flexibility index (Phi) is 5.75. The van der Waals surface area contributed by atoms with Crippen LogP contribution in [0.1, 0.15) is 22.4 Å². The number of hydrogen-bond acceptors (Lipinski definition) is 3. The zero-order chi connectivity index (χ0) is 20.0. The number of halogens is 3. The summed E-state index contributed by atoms with van der Waals surface area (Å²) in [5.41, 5.74) is 1.07. The van der Waals surface area contributed by atoms with Crippen molar-refractivity contribution in [2.24, 2.45) is 0 Å². The lowest BCUT2D eigenvalue weighted by molar-refractivity contribution is -0.137. The second-order valence-electron chi connectivity index (χ2n) is 5.91. The average molecular weight is 380 g/mol. The molecule has 3 nitrogen and oxygen atoms in total. The number of allylic oxidation sites excluding steroid dienone is 1. The molecule has 3 aromatic rings. The highest BCUT2D eigenvalue weighted by Crippen LogP contribution is 2.30. The number of aromatic nitrogens is 1. The minimum atomic E-state index is -4.47. The van der Waals surface area contributed by atoms with Gasteiger partial charge in [0.2, 0.25) is 0 Å². The molecule has 0 saturated heterocycles. The number of alkyl halides is 3. The number of pyridine rings is 1. The summed E-state index contributed by atoms with van der Waals surface area (Å²) in [6.07, 6.45) is -2.20. The Morgan fingerprint density at radius 2 is 1.71 bits per heavy atom. The fourth-order valence-corrected chi connectivity index (χ4v) is 2.51. The van der Waals surface area contributed by atoms with Crippen molar-refractivity contribution in [2.45, 2.75) is 12.8 Å². The first kappa shape index (κ1) is 19.2. The number of para-hydroxylation sites is 1. The summed E-state index contributed by atoms with van der Waals surface area (Å²) in [4.78, 5) is 3.78. The maximum Gasteiger partial charge on any atom is 0.417 e. The Labute approximate surface area is 160 Å². The van der Waals surface area contributed by atoms with Crippen LogP contribution in [0.5, 0.6) is 5.75 Å². The third kappa shape index (κ3) is 4.77. The van der Waals surface area contributed by atoms with Crippen molar-refractivity contribution in [3.8, 4) is 11.8 Å². The predicted octanol–water partition coefficient (Wildman–Crippen LogP) is 5.74. The normalized spacial score (nSPS) is 11.7. The van der Waals surface area contributed by atoms with E-state index in [-0.39, 0.29) is 11.3 Å². The van der Waals surface area contributed by atoms with Crippen molar-refractivity contribution < 1.29 is 17.9 Å². The lowest BCUT2D eigenvalue weighted by Gasteiger charge is -2.10. The summed E-state index contributed by atoms with van der Waals surface area (Å²) in [5, 5.41) is 9.45. The van der Waals surface area contributed by atoms with Crippen molar-refractivity contribution in [3.63, 3.8) is 0 Å². The molecule has 0 atom stereocenters. The zero-order valence-electron chi connectivity index (χ0n) is 14.6. The molecular formula is C22H15F3N2O. The SMILES string of the molecule is N#C/C(=C\c1ccccc1OCc1ccccc1)c1ccc(C(F)(F)F)cn1. The van der Waals surface area contributed by atoms with Gasteiger partial charge in [-0.1, -0.05) is 48.5 Å². The molecule has 3 rings (SSSR count). The molecule has 2 aromatic carbocycles. The predicted molar refractivity (Wildman–Crippen MR) is 99.9 cm³/mol. The van der Waals surface area contributed by atoms with Gasteiger partial charge in [0.1, 0.15) is 18.4 Å². The quantitative estimate of drug-likeness (QED) is 0.530. The molecule has 140 valence electrons. The van der Waals surface area contributed by atoms with Crippen LogP contribution in [0, 0.1) is 11.3 Å².